The molecule has 1 aromatic heterocycles. The number of alkyl halides is 3. The predicted octanol–water partition coefficient (Wildman–Crippen LogP) is 5.91. The van der Waals surface area contributed by atoms with E-state index in [1.807, 2.05) is 35.7 Å². The van der Waals surface area contributed by atoms with Crippen LogP contribution in [0.25, 0.3) is 11.1 Å². The van der Waals surface area contributed by atoms with Gasteiger partial charge in [-0.3, -0.25) is 4.79 Å². The van der Waals surface area contributed by atoms with Crippen LogP contribution in [0, 0.1) is 0 Å². The molecule has 1 atom stereocenters. The maximum absolute atomic E-state index is 12.8. The monoisotopic (exact) mass is 373 g/mol. The third-order valence-corrected chi connectivity index (χ3v) is 5.61. The molecule has 132 valence electrons. The number of rotatable bonds is 2. The molecule has 1 N–H and O–H groups in total. The molecule has 0 saturated heterocycles. The fourth-order valence-electron chi connectivity index (χ4n) is 3.23. The van der Waals surface area contributed by atoms with Crippen LogP contribution in [0.3, 0.4) is 0 Å². The lowest BCUT2D eigenvalue weighted by Gasteiger charge is -2.24. The van der Waals surface area contributed by atoms with Gasteiger partial charge in [0.25, 0.3) is 0 Å². The van der Waals surface area contributed by atoms with Crippen molar-refractivity contribution in [3.8, 4) is 11.1 Å². The number of carbonyl (C=O) groups is 1. The van der Waals surface area contributed by atoms with Crippen LogP contribution in [0.5, 0.6) is 0 Å². The van der Waals surface area contributed by atoms with Crippen molar-refractivity contribution in [3.63, 3.8) is 0 Å². The Bertz CT molecular complexity index is 945. The van der Waals surface area contributed by atoms with Crippen molar-refractivity contribution in [2.45, 2.75) is 18.5 Å². The van der Waals surface area contributed by atoms with E-state index in [0.717, 1.165) is 39.4 Å². The largest absolute Gasteiger partial charge is 0.416 e. The second kappa shape index (κ2) is 6.29. The Kier molecular flexibility index (Phi) is 4.07. The molecule has 2 aromatic carbocycles. The molecule has 1 unspecified atom stereocenters. The average molecular weight is 373 g/mol. The Morgan fingerprint density at radius 1 is 1.00 bits per heavy atom. The van der Waals surface area contributed by atoms with E-state index in [9.17, 15) is 18.0 Å². The van der Waals surface area contributed by atoms with Crippen LogP contribution in [0.1, 0.15) is 28.3 Å². The van der Waals surface area contributed by atoms with Gasteiger partial charge in [-0.25, -0.2) is 0 Å². The van der Waals surface area contributed by atoms with Crippen molar-refractivity contribution in [2.75, 3.05) is 5.32 Å². The van der Waals surface area contributed by atoms with Gasteiger partial charge in [-0.15, -0.1) is 11.3 Å². The van der Waals surface area contributed by atoms with Crippen LogP contribution in [0.2, 0.25) is 0 Å². The Morgan fingerprint density at radius 3 is 2.35 bits per heavy atom. The highest BCUT2D eigenvalue weighted by atomic mass is 32.1. The van der Waals surface area contributed by atoms with Gasteiger partial charge in [-0.05, 0) is 23.3 Å². The summed E-state index contributed by atoms with van der Waals surface area (Å²) in [5, 5.41) is 4.92. The van der Waals surface area contributed by atoms with Gasteiger partial charge in [0.05, 0.1) is 11.3 Å². The van der Waals surface area contributed by atoms with Crippen LogP contribution in [0.4, 0.5) is 18.9 Å². The summed E-state index contributed by atoms with van der Waals surface area (Å²) < 4.78 is 38.4. The van der Waals surface area contributed by atoms with Gasteiger partial charge >= 0.3 is 6.18 Å². The Hall–Kier alpha value is -2.60. The lowest BCUT2D eigenvalue weighted by Crippen LogP contribution is -2.22. The topological polar surface area (TPSA) is 29.1 Å². The van der Waals surface area contributed by atoms with Crippen LogP contribution in [0.15, 0.2) is 60.0 Å². The van der Waals surface area contributed by atoms with Crippen molar-refractivity contribution in [2.24, 2.45) is 0 Å². The van der Waals surface area contributed by atoms with Gasteiger partial charge in [-0.1, -0.05) is 42.5 Å². The number of anilines is 1. The standard InChI is InChI=1S/C20H14F3NOS/c21-20(22,23)14-8-6-13(7-9-14)15-10-17(25)24-18-16(11-26-19(15)18)12-4-2-1-3-5-12/h1-9,11,15H,10H2,(H,24,25). The minimum absolute atomic E-state index is 0.127. The first-order valence-corrected chi connectivity index (χ1v) is 8.95. The van der Waals surface area contributed by atoms with Crippen molar-refractivity contribution in [1.82, 2.24) is 0 Å². The van der Waals surface area contributed by atoms with E-state index in [1.165, 1.54) is 23.5 Å². The van der Waals surface area contributed by atoms with Crippen LogP contribution in [-0.4, -0.2) is 5.91 Å². The molecule has 4 rings (SSSR count). The zero-order valence-corrected chi connectivity index (χ0v) is 14.3. The molecule has 0 aliphatic carbocycles. The van der Waals surface area contributed by atoms with Gasteiger partial charge in [-0.2, -0.15) is 13.2 Å². The first-order chi connectivity index (χ1) is 12.4. The zero-order valence-electron chi connectivity index (χ0n) is 13.5. The van der Waals surface area contributed by atoms with Gasteiger partial charge in [0, 0.05) is 28.2 Å². The average Bonchev–Trinajstić information content (AvgIpc) is 3.05. The number of benzene rings is 2. The SMILES string of the molecule is O=C1CC(c2ccc(C(F)(F)F)cc2)c2scc(-c3ccccc3)c2N1. The molecule has 0 radical (unpaired) electrons. The summed E-state index contributed by atoms with van der Waals surface area (Å²) in [5.41, 5.74) is 2.74. The third kappa shape index (κ3) is 3.01. The molecule has 2 nitrogen and oxygen atoms in total. The zero-order chi connectivity index (χ0) is 18.3. The smallest absolute Gasteiger partial charge is 0.325 e. The minimum atomic E-state index is -4.36. The van der Waals surface area contributed by atoms with Crippen molar-refractivity contribution < 1.29 is 18.0 Å². The first kappa shape index (κ1) is 16.8. The summed E-state index contributed by atoms with van der Waals surface area (Å²) >= 11 is 1.52. The van der Waals surface area contributed by atoms with Gasteiger partial charge in [0.2, 0.25) is 5.91 Å². The minimum Gasteiger partial charge on any atom is -0.325 e. The summed E-state index contributed by atoms with van der Waals surface area (Å²) in [6, 6.07) is 14.8. The lowest BCUT2D eigenvalue weighted by atomic mass is 9.88. The van der Waals surface area contributed by atoms with Gasteiger partial charge in [0.1, 0.15) is 0 Å². The quantitative estimate of drug-likeness (QED) is 0.595. The molecule has 2 heterocycles. The van der Waals surface area contributed by atoms with Gasteiger partial charge in [0.15, 0.2) is 0 Å². The fraction of sp³-hybridized carbons (Fsp3) is 0.150. The number of hydrogen-bond acceptors (Lipinski definition) is 2. The highest BCUT2D eigenvalue weighted by Crippen LogP contribution is 2.46. The number of amides is 1. The second-order valence-electron chi connectivity index (χ2n) is 6.18. The summed E-state index contributed by atoms with van der Waals surface area (Å²) in [4.78, 5) is 13.2. The molecule has 1 aliphatic heterocycles. The van der Waals surface area contributed by atoms with Crippen molar-refractivity contribution in [1.29, 1.82) is 0 Å². The molecule has 26 heavy (non-hydrogen) atoms. The molecular weight excluding hydrogens is 359 g/mol. The normalized spacial score (nSPS) is 16.9. The molecule has 3 aromatic rings. The number of thiophene rings is 1. The number of carbonyl (C=O) groups excluding carboxylic acids is 1. The maximum Gasteiger partial charge on any atom is 0.416 e. The second-order valence-corrected chi connectivity index (χ2v) is 7.09. The summed E-state index contributed by atoms with van der Waals surface area (Å²) in [6.45, 7) is 0. The van der Waals surface area contributed by atoms with Crippen LogP contribution < -0.4 is 5.32 Å². The van der Waals surface area contributed by atoms with E-state index in [-0.39, 0.29) is 18.2 Å². The maximum atomic E-state index is 12.8. The number of nitrogens with one attached hydrogen (secondary N) is 1. The molecule has 0 saturated carbocycles. The van der Waals surface area contributed by atoms with E-state index >= 15 is 0 Å². The molecule has 0 fully saturated rings. The van der Waals surface area contributed by atoms with E-state index in [1.54, 1.807) is 0 Å². The molecule has 0 spiro atoms. The molecule has 1 aliphatic rings. The third-order valence-electron chi connectivity index (χ3n) is 4.52. The number of fused-ring (bicyclic) bond motifs is 1. The summed E-state index contributed by atoms with van der Waals surface area (Å²) in [7, 11) is 0. The molecule has 6 heteroatoms. The fourth-order valence-corrected chi connectivity index (χ4v) is 4.39. The highest BCUT2D eigenvalue weighted by molar-refractivity contribution is 7.11. The Morgan fingerprint density at radius 2 is 1.69 bits per heavy atom. The van der Waals surface area contributed by atoms with E-state index < -0.39 is 11.7 Å². The number of halogens is 3. The van der Waals surface area contributed by atoms with Crippen LogP contribution in [-0.2, 0) is 11.0 Å². The summed E-state index contributed by atoms with van der Waals surface area (Å²) in [6.07, 6.45) is -4.13. The first-order valence-electron chi connectivity index (χ1n) is 8.07. The summed E-state index contributed by atoms with van der Waals surface area (Å²) in [5.74, 6) is -0.360. The van der Waals surface area contributed by atoms with E-state index in [0.29, 0.717) is 0 Å². The molecule has 1 amide bonds. The number of hydrogen-bond donors (Lipinski definition) is 1. The Labute approximate surface area is 152 Å². The van der Waals surface area contributed by atoms with Crippen molar-refractivity contribution in [3.05, 3.63) is 76.0 Å². The van der Waals surface area contributed by atoms with E-state index in [2.05, 4.69) is 5.32 Å². The predicted molar refractivity (Wildman–Crippen MR) is 96.3 cm³/mol. The van der Waals surface area contributed by atoms with Gasteiger partial charge < -0.3 is 5.32 Å². The molecule has 0 bridgehead atoms. The Balaban J connectivity index is 1.75. The van der Waals surface area contributed by atoms with E-state index in [4.69, 9.17) is 0 Å². The van der Waals surface area contributed by atoms with Crippen molar-refractivity contribution >= 4 is 22.9 Å². The highest BCUT2D eigenvalue weighted by Gasteiger charge is 2.33. The molecular formula is C20H14F3NOS. The lowest BCUT2D eigenvalue weighted by molar-refractivity contribution is -0.137. The van der Waals surface area contributed by atoms with Crippen LogP contribution >= 0.6 is 11.3 Å².